The molecular weight excluding hydrogens is 343 g/mol. The van der Waals surface area contributed by atoms with Crippen LogP contribution in [0.2, 0.25) is 5.02 Å². The van der Waals surface area contributed by atoms with Crippen molar-refractivity contribution in [3.8, 4) is 11.1 Å². The van der Waals surface area contributed by atoms with Gasteiger partial charge in [-0.1, -0.05) is 66.7 Å². The molecule has 1 aliphatic rings. The Labute approximate surface area is 161 Å². The van der Waals surface area contributed by atoms with E-state index in [1.807, 2.05) is 25.1 Å². The molecule has 1 fully saturated rings. The molecule has 0 bridgehead atoms. The SMILES string of the molecule is C=C(C)c1ccc(-c2ccc(C3CCC(C(=C)C)CC3)cc2)c(F)c1Cl. The Hall–Kier alpha value is -1.86. The first-order chi connectivity index (χ1) is 12.4. The lowest BCUT2D eigenvalue weighted by atomic mass is 9.76. The van der Waals surface area contributed by atoms with Crippen LogP contribution in [-0.4, -0.2) is 0 Å². The van der Waals surface area contributed by atoms with E-state index in [-0.39, 0.29) is 10.8 Å². The number of hydrogen-bond acceptors (Lipinski definition) is 0. The predicted octanol–water partition coefficient (Wildman–Crippen LogP) is 8.03. The highest BCUT2D eigenvalue weighted by Gasteiger charge is 2.22. The first-order valence-corrected chi connectivity index (χ1v) is 9.66. The average molecular weight is 369 g/mol. The molecule has 0 atom stereocenters. The minimum atomic E-state index is -0.373. The van der Waals surface area contributed by atoms with Crippen LogP contribution in [-0.2, 0) is 0 Å². The van der Waals surface area contributed by atoms with Crippen LogP contribution in [0.1, 0.15) is 56.6 Å². The first kappa shape index (κ1) is 18.9. The number of hydrogen-bond donors (Lipinski definition) is 0. The third-order valence-corrected chi connectivity index (χ3v) is 6.03. The Morgan fingerprint density at radius 3 is 2.12 bits per heavy atom. The minimum absolute atomic E-state index is 0.150. The maximum atomic E-state index is 14.7. The molecule has 0 radical (unpaired) electrons. The first-order valence-electron chi connectivity index (χ1n) is 9.28. The van der Waals surface area contributed by atoms with Gasteiger partial charge in [0.1, 0.15) is 5.82 Å². The van der Waals surface area contributed by atoms with E-state index in [1.165, 1.54) is 36.8 Å². The molecule has 0 heterocycles. The molecule has 2 aromatic carbocycles. The van der Waals surface area contributed by atoms with Gasteiger partial charge in [-0.25, -0.2) is 4.39 Å². The van der Waals surface area contributed by atoms with Crippen LogP contribution in [0.5, 0.6) is 0 Å². The fourth-order valence-electron chi connectivity index (χ4n) is 3.96. The molecular formula is C24H26ClF. The molecule has 0 amide bonds. The summed E-state index contributed by atoms with van der Waals surface area (Å²) in [6.07, 6.45) is 4.83. The van der Waals surface area contributed by atoms with E-state index in [2.05, 4.69) is 32.2 Å². The van der Waals surface area contributed by atoms with Gasteiger partial charge in [0, 0.05) is 5.56 Å². The molecule has 0 spiro atoms. The van der Waals surface area contributed by atoms with E-state index in [9.17, 15) is 4.39 Å². The van der Waals surface area contributed by atoms with Crippen molar-refractivity contribution in [1.29, 1.82) is 0 Å². The van der Waals surface area contributed by atoms with Crippen LogP contribution in [0, 0.1) is 11.7 Å². The van der Waals surface area contributed by atoms with E-state index in [4.69, 9.17) is 11.6 Å². The van der Waals surface area contributed by atoms with Crippen LogP contribution in [0.25, 0.3) is 16.7 Å². The fraction of sp³-hybridized carbons (Fsp3) is 0.333. The van der Waals surface area contributed by atoms with Gasteiger partial charge in [-0.3, -0.25) is 0 Å². The summed E-state index contributed by atoms with van der Waals surface area (Å²) in [5.41, 5.74) is 5.48. The second-order valence-corrected chi connectivity index (χ2v) is 7.96. The highest BCUT2D eigenvalue weighted by molar-refractivity contribution is 6.32. The Morgan fingerprint density at radius 2 is 1.58 bits per heavy atom. The van der Waals surface area contributed by atoms with Crippen LogP contribution < -0.4 is 0 Å². The second-order valence-electron chi connectivity index (χ2n) is 7.59. The van der Waals surface area contributed by atoms with E-state index in [0.717, 1.165) is 11.1 Å². The standard InChI is InChI=1S/C24H26ClF/c1-15(2)17-5-7-18(8-6-17)19-9-11-20(12-10-19)22-14-13-21(16(3)4)23(25)24(22)26/h9-14,17-18H,1,3,5-8H2,2,4H3. The van der Waals surface area contributed by atoms with Gasteiger partial charge in [-0.05, 0) is 73.6 Å². The molecule has 0 aromatic heterocycles. The summed E-state index contributed by atoms with van der Waals surface area (Å²) >= 11 is 6.19. The van der Waals surface area contributed by atoms with Gasteiger partial charge in [0.2, 0.25) is 0 Å². The molecule has 2 aromatic rings. The molecule has 0 unspecified atom stereocenters. The van der Waals surface area contributed by atoms with Gasteiger partial charge in [0.25, 0.3) is 0 Å². The summed E-state index contributed by atoms with van der Waals surface area (Å²) in [6.45, 7) is 11.9. The molecule has 0 aliphatic heterocycles. The van der Waals surface area contributed by atoms with Crippen molar-refractivity contribution >= 4 is 17.2 Å². The third kappa shape index (κ3) is 3.78. The van der Waals surface area contributed by atoms with Crippen molar-refractivity contribution in [2.75, 3.05) is 0 Å². The highest BCUT2D eigenvalue weighted by Crippen LogP contribution is 2.39. The van der Waals surface area contributed by atoms with Crippen LogP contribution in [0.15, 0.2) is 55.1 Å². The summed E-state index contributed by atoms with van der Waals surface area (Å²) in [5, 5.41) is 0.150. The van der Waals surface area contributed by atoms with Crippen molar-refractivity contribution in [2.45, 2.75) is 45.4 Å². The summed E-state index contributed by atoms with van der Waals surface area (Å²) in [6, 6.07) is 11.9. The molecule has 136 valence electrons. The summed E-state index contributed by atoms with van der Waals surface area (Å²) < 4.78 is 14.7. The smallest absolute Gasteiger partial charge is 0.150 e. The lowest BCUT2D eigenvalue weighted by Gasteiger charge is -2.29. The molecule has 3 rings (SSSR count). The maximum absolute atomic E-state index is 14.7. The zero-order chi connectivity index (χ0) is 18.8. The Bertz CT molecular complexity index is 824. The molecule has 1 aliphatic carbocycles. The minimum Gasteiger partial charge on any atom is -0.205 e. The van der Waals surface area contributed by atoms with Gasteiger partial charge in [-0.15, -0.1) is 0 Å². The Kier molecular flexibility index (Phi) is 5.67. The fourth-order valence-corrected chi connectivity index (χ4v) is 4.28. The normalized spacial score (nSPS) is 20.0. The number of allylic oxidation sites excluding steroid dienone is 2. The topological polar surface area (TPSA) is 0 Å². The summed E-state index contributed by atoms with van der Waals surface area (Å²) in [7, 11) is 0. The quantitative estimate of drug-likeness (QED) is 0.479. The van der Waals surface area contributed by atoms with Gasteiger partial charge >= 0.3 is 0 Å². The summed E-state index contributed by atoms with van der Waals surface area (Å²) in [5.74, 6) is 0.898. The molecule has 2 heteroatoms. The Balaban J connectivity index is 1.79. The molecule has 26 heavy (non-hydrogen) atoms. The second kappa shape index (κ2) is 7.80. The van der Waals surface area contributed by atoms with Crippen molar-refractivity contribution in [2.24, 2.45) is 5.92 Å². The van der Waals surface area contributed by atoms with E-state index >= 15 is 0 Å². The molecule has 0 saturated heterocycles. The van der Waals surface area contributed by atoms with Gasteiger partial charge in [-0.2, -0.15) is 0 Å². The van der Waals surface area contributed by atoms with Gasteiger partial charge in [0.05, 0.1) is 5.02 Å². The van der Waals surface area contributed by atoms with E-state index in [0.29, 0.717) is 23.0 Å². The zero-order valence-corrected chi connectivity index (χ0v) is 16.4. The lowest BCUT2D eigenvalue weighted by molar-refractivity contribution is 0.363. The monoisotopic (exact) mass is 368 g/mol. The van der Waals surface area contributed by atoms with Gasteiger partial charge in [0.15, 0.2) is 0 Å². The van der Waals surface area contributed by atoms with Crippen molar-refractivity contribution in [3.63, 3.8) is 0 Å². The number of benzene rings is 2. The number of halogens is 2. The molecule has 0 nitrogen and oxygen atoms in total. The summed E-state index contributed by atoms with van der Waals surface area (Å²) in [4.78, 5) is 0. The van der Waals surface area contributed by atoms with Crippen LogP contribution in [0.3, 0.4) is 0 Å². The average Bonchev–Trinajstić information content (AvgIpc) is 2.64. The third-order valence-electron chi connectivity index (χ3n) is 5.66. The largest absolute Gasteiger partial charge is 0.205 e. The number of rotatable bonds is 4. The van der Waals surface area contributed by atoms with E-state index < -0.39 is 0 Å². The lowest BCUT2D eigenvalue weighted by Crippen LogP contribution is -2.13. The van der Waals surface area contributed by atoms with Crippen molar-refractivity contribution in [3.05, 3.63) is 77.1 Å². The Morgan fingerprint density at radius 1 is 0.962 bits per heavy atom. The zero-order valence-electron chi connectivity index (χ0n) is 15.6. The highest BCUT2D eigenvalue weighted by atomic mass is 35.5. The van der Waals surface area contributed by atoms with Crippen LogP contribution in [0.4, 0.5) is 4.39 Å². The maximum Gasteiger partial charge on any atom is 0.150 e. The molecule has 1 saturated carbocycles. The predicted molar refractivity (Wildman–Crippen MR) is 111 cm³/mol. The van der Waals surface area contributed by atoms with Crippen molar-refractivity contribution in [1.82, 2.24) is 0 Å². The van der Waals surface area contributed by atoms with Crippen LogP contribution >= 0.6 is 11.6 Å². The van der Waals surface area contributed by atoms with Crippen molar-refractivity contribution < 1.29 is 4.39 Å². The molecule has 0 N–H and O–H groups in total. The van der Waals surface area contributed by atoms with E-state index in [1.54, 1.807) is 6.07 Å². The van der Waals surface area contributed by atoms with Gasteiger partial charge < -0.3 is 0 Å².